The van der Waals surface area contributed by atoms with E-state index in [2.05, 4.69) is 0 Å². The van der Waals surface area contributed by atoms with Crippen molar-refractivity contribution in [1.29, 1.82) is 0 Å². The lowest BCUT2D eigenvalue weighted by atomic mass is 10.1. The Balaban J connectivity index is 1.99. The van der Waals surface area contributed by atoms with Crippen LogP contribution in [0.3, 0.4) is 0 Å². The molecule has 1 saturated carbocycles. The largest absolute Gasteiger partial charge is 0.497 e. The molecule has 0 atom stereocenters. The van der Waals surface area contributed by atoms with Crippen molar-refractivity contribution in [3.63, 3.8) is 0 Å². The van der Waals surface area contributed by atoms with Crippen LogP contribution in [0.1, 0.15) is 18.4 Å². The molecule has 1 aliphatic rings. The minimum absolute atomic E-state index is 0.113. The van der Waals surface area contributed by atoms with Gasteiger partial charge in [0.2, 0.25) is 5.91 Å². The number of rotatable bonds is 6. The second-order valence-corrected chi connectivity index (χ2v) is 4.67. The van der Waals surface area contributed by atoms with Gasteiger partial charge in [-0.2, -0.15) is 0 Å². The first-order valence-corrected chi connectivity index (χ1v) is 6.24. The topological polar surface area (TPSA) is 66.8 Å². The zero-order valence-corrected chi connectivity index (χ0v) is 10.8. The van der Waals surface area contributed by atoms with E-state index < -0.39 is 5.97 Å². The van der Waals surface area contributed by atoms with Crippen LogP contribution in [0.2, 0.25) is 0 Å². The number of hydrogen-bond donors (Lipinski definition) is 1. The predicted octanol–water partition coefficient (Wildman–Crippen LogP) is 1.31. The molecule has 5 nitrogen and oxygen atoms in total. The van der Waals surface area contributed by atoms with E-state index in [9.17, 15) is 9.59 Å². The number of carboxylic acids is 1. The predicted molar refractivity (Wildman–Crippen MR) is 69.1 cm³/mol. The van der Waals surface area contributed by atoms with E-state index in [0.717, 1.165) is 24.2 Å². The Morgan fingerprint density at radius 3 is 2.42 bits per heavy atom. The number of aliphatic carboxylic acids is 1. The lowest BCUT2D eigenvalue weighted by molar-refractivity contribution is -0.144. The highest BCUT2D eigenvalue weighted by molar-refractivity contribution is 5.83. The second kappa shape index (κ2) is 5.73. The van der Waals surface area contributed by atoms with E-state index in [1.165, 1.54) is 4.90 Å². The molecule has 0 aliphatic heterocycles. The van der Waals surface area contributed by atoms with Gasteiger partial charge in [0.1, 0.15) is 12.3 Å². The molecule has 0 saturated heterocycles. The highest BCUT2D eigenvalue weighted by atomic mass is 16.5. The fraction of sp³-hybridized carbons (Fsp3) is 0.429. The summed E-state index contributed by atoms with van der Waals surface area (Å²) in [4.78, 5) is 24.4. The molecule has 1 fully saturated rings. The van der Waals surface area contributed by atoms with Crippen LogP contribution in [-0.4, -0.2) is 41.6 Å². The SMILES string of the molecule is COc1ccc(CC(=O)N(CC(=O)O)C2CC2)cc1. The van der Waals surface area contributed by atoms with Crippen molar-refractivity contribution in [1.82, 2.24) is 4.90 Å². The molecule has 1 aromatic carbocycles. The van der Waals surface area contributed by atoms with Gasteiger partial charge in [-0.1, -0.05) is 12.1 Å². The zero-order valence-electron chi connectivity index (χ0n) is 10.8. The van der Waals surface area contributed by atoms with Crippen molar-refractivity contribution in [3.8, 4) is 5.75 Å². The Hall–Kier alpha value is -2.04. The number of amides is 1. The summed E-state index contributed by atoms with van der Waals surface area (Å²) in [7, 11) is 1.59. The van der Waals surface area contributed by atoms with Gasteiger partial charge in [-0.3, -0.25) is 9.59 Å². The van der Waals surface area contributed by atoms with Gasteiger partial charge in [0.25, 0.3) is 0 Å². The molecular weight excluding hydrogens is 246 g/mol. The summed E-state index contributed by atoms with van der Waals surface area (Å²) in [6.07, 6.45) is 2.04. The molecule has 19 heavy (non-hydrogen) atoms. The molecule has 0 aromatic heterocycles. The summed E-state index contributed by atoms with van der Waals surface area (Å²) < 4.78 is 5.05. The maximum atomic E-state index is 12.1. The van der Waals surface area contributed by atoms with Gasteiger partial charge >= 0.3 is 5.97 Å². The summed E-state index contributed by atoms with van der Waals surface area (Å²) >= 11 is 0. The highest BCUT2D eigenvalue weighted by Gasteiger charge is 2.33. The molecule has 0 spiro atoms. The smallest absolute Gasteiger partial charge is 0.323 e. The van der Waals surface area contributed by atoms with Crippen molar-refractivity contribution in [2.75, 3.05) is 13.7 Å². The first kappa shape index (κ1) is 13.4. The number of benzene rings is 1. The van der Waals surface area contributed by atoms with Crippen LogP contribution < -0.4 is 4.74 Å². The maximum absolute atomic E-state index is 12.1. The average Bonchev–Trinajstić information content (AvgIpc) is 3.21. The molecule has 5 heteroatoms. The quantitative estimate of drug-likeness (QED) is 0.840. The summed E-state index contributed by atoms with van der Waals surface area (Å²) in [5, 5.41) is 8.83. The fourth-order valence-corrected chi connectivity index (χ4v) is 1.97. The van der Waals surface area contributed by atoms with Gasteiger partial charge < -0.3 is 14.7 Å². The zero-order chi connectivity index (χ0) is 13.8. The van der Waals surface area contributed by atoms with Gasteiger partial charge in [-0.15, -0.1) is 0 Å². The second-order valence-electron chi connectivity index (χ2n) is 4.67. The molecule has 1 aliphatic carbocycles. The van der Waals surface area contributed by atoms with E-state index in [1.807, 2.05) is 12.1 Å². The minimum Gasteiger partial charge on any atom is -0.497 e. The molecule has 0 radical (unpaired) electrons. The Morgan fingerprint density at radius 1 is 1.32 bits per heavy atom. The molecule has 1 amide bonds. The van der Waals surface area contributed by atoms with Crippen LogP contribution in [0.15, 0.2) is 24.3 Å². The Labute approximate surface area is 111 Å². The minimum atomic E-state index is -0.963. The van der Waals surface area contributed by atoms with E-state index in [0.29, 0.717) is 0 Å². The van der Waals surface area contributed by atoms with Crippen LogP contribution in [0, 0.1) is 0 Å². The highest BCUT2D eigenvalue weighted by Crippen LogP contribution is 2.27. The fourth-order valence-electron chi connectivity index (χ4n) is 1.97. The lowest BCUT2D eigenvalue weighted by Gasteiger charge is -2.20. The summed E-state index contributed by atoms with van der Waals surface area (Å²) in [5.74, 6) is -0.356. The van der Waals surface area contributed by atoms with Crippen molar-refractivity contribution in [2.45, 2.75) is 25.3 Å². The third-order valence-electron chi connectivity index (χ3n) is 3.13. The molecule has 1 N–H and O–H groups in total. The van der Waals surface area contributed by atoms with Crippen molar-refractivity contribution >= 4 is 11.9 Å². The van der Waals surface area contributed by atoms with Crippen LogP contribution in [0.5, 0.6) is 5.75 Å². The summed E-state index contributed by atoms with van der Waals surface area (Å²) in [6.45, 7) is -0.209. The normalized spacial score (nSPS) is 13.9. The number of carbonyl (C=O) groups is 2. The number of hydrogen-bond acceptors (Lipinski definition) is 3. The number of carbonyl (C=O) groups excluding carboxylic acids is 1. The monoisotopic (exact) mass is 263 g/mol. The summed E-state index contributed by atoms with van der Waals surface area (Å²) in [5.41, 5.74) is 0.863. The van der Waals surface area contributed by atoms with Crippen LogP contribution in [0.25, 0.3) is 0 Å². The molecule has 102 valence electrons. The Bertz CT molecular complexity index is 465. The van der Waals surface area contributed by atoms with Crippen molar-refractivity contribution in [2.24, 2.45) is 0 Å². The molecular formula is C14H17NO4. The van der Waals surface area contributed by atoms with E-state index in [1.54, 1.807) is 19.2 Å². The maximum Gasteiger partial charge on any atom is 0.323 e. The third-order valence-corrected chi connectivity index (χ3v) is 3.13. The number of nitrogens with zero attached hydrogens (tertiary/aromatic N) is 1. The first-order chi connectivity index (χ1) is 9.10. The van der Waals surface area contributed by atoms with Gasteiger partial charge in [-0.05, 0) is 30.5 Å². The van der Waals surface area contributed by atoms with Crippen molar-refractivity contribution < 1.29 is 19.4 Å². The standard InChI is InChI=1S/C14H17NO4/c1-19-12-6-2-10(3-7-12)8-13(16)15(9-14(17)18)11-4-5-11/h2-3,6-7,11H,4-5,8-9H2,1H3,(H,17,18). The van der Waals surface area contributed by atoms with Crippen molar-refractivity contribution in [3.05, 3.63) is 29.8 Å². The van der Waals surface area contributed by atoms with Gasteiger partial charge in [0.15, 0.2) is 0 Å². The van der Waals surface area contributed by atoms with Gasteiger partial charge in [-0.25, -0.2) is 0 Å². The Morgan fingerprint density at radius 2 is 1.95 bits per heavy atom. The van der Waals surface area contributed by atoms with Gasteiger partial charge in [0, 0.05) is 6.04 Å². The van der Waals surface area contributed by atoms with Crippen LogP contribution in [0.4, 0.5) is 0 Å². The molecule has 1 aromatic rings. The molecule has 2 rings (SSSR count). The number of carboxylic acid groups (broad SMARTS) is 1. The molecule has 0 bridgehead atoms. The average molecular weight is 263 g/mol. The first-order valence-electron chi connectivity index (χ1n) is 6.24. The lowest BCUT2D eigenvalue weighted by Crippen LogP contribution is -2.38. The van der Waals surface area contributed by atoms with E-state index >= 15 is 0 Å². The van der Waals surface area contributed by atoms with Crippen LogP contribution >= 0.6 is 0 Å². The molecule has 0 heterocycles. The van der Waals surface area contributed by atoms with E-state index in [4.69, 9.17) is 9.84 Å². The van der Waals surface area contributed by atoms with Gasteiger partial charge in [0.05, 0.1) is 13.5 Å². The summed E-state index contributed by atoms with van der Waals surface area (Å²) in [6, 6.07) is 7.34. The Kier molecular flexibility index (Phi) is 4.04. The number of ether oxygens (including phenoxy) is 1. The van der Waals surface area contributed by atoms with E-state index in [-0.39, 0.29) is 24.9 Å². The number of methoxy groups -OCH3 is 1. The molecule has 0 unspecified atom stereocenters. The van der Waals surface area contributed by atoms with Crippen LogP contribution in [-0.2, 0) is 16.0 Å². The third kappa shape index (κ3) is 3.71.